The smallest absolute Gasteiger partial charge is 0.295 e. The Bertz CT molecular complexity index is 3680. The number of ether oxygens (including phenoxy) is 1. The fourth-order valence-corrected chi connectivity index (χ4v) is 8.60. The molecule has 0 aliphatic heterocycles. The molecule has 9 aromatic rings. The van der Waals surface area contributed by atoms with Crippen molar-refractivity contribution in [2.45, 2.75) is 16.7 Å². The highest BCUT2D eigenvalue weighted by atomic mass is 32.2. The molecule has 17 heteroatoms. The molecule has 0 fully saturated rings. The second-order valence-electron chi connectivity index (χ2n) is 14.6. The number of azo groups is 3. The van der Waals surface area contributed by atoms with Crippen LogP contribution in [0.1, 0.15) is 6.92 Å². The van der Waals surface area contributed by atoms with E-state index in [0.717, 1.165) is 16.8 Å². The third-order valence-electron chi connectivity index (χ3n) is 10.4. The van der Waals surface area contributed by atoms with Crippen LogP contribution in [0.4, 0.5) is 45.5 Å². The van der Waals surface area contributed by atoms with Gasteiger partial charge in [-0.3, -0.25) is 9.11 Å². The molecular formula is C48H35N7O8S2. The van der Waals surface area contributed by atoms with Gasteiger partial charge in [-0.1, -0.05) is 72.8 Å². The standard InChI is InChI=1S/C48H35N7O8S2/c1-2-63-45-28-44(54-50-33-17-15-29-9-8-14-46(39(29)26-33)65(60,61)62)36-12-6-7-13-38(36)47(45)55-52-41-23-24-42(40-27-34(64(57,58)59)19-21-37(40)41)51-53-43-22-16-30-25-32(18-20-35(30)48(43)56)49-31-10-4-3-5-11-31/h3-28,49,56H,2H2,1H3,(H,57,58,59)(H,60,61,62). The maximum absolute atomic E-state index is 12.3. The number of hydrogen-bond donors (Lipinski definition) is 4. The maximum Gasteiger partial charge on any atom is 0.295 e. The summed E-state index contributed by atoms with van der Waals surface area (Å²) < 4.78 is 74.6. The van der Waals surface area contributed by atoms with E-state index in [9.17, 15) is 31.0 Å². The predicted molar refractivity (Wildman–Crippen MR) is 251 cm³/mol. The van der Waals surface area contributed by atoms with E-state index >= 15 is 0 Å². The molecule has 4 N–H and O–H groups in total. The van der Waals surface area contributed by atoms with Gasteiger partial charge in [0.1, 0.15) is 22.0 Å². The molecule has 0 aromatic heterocycles. The van der Waals surface area contributed by atoms with Gasteiger partial charge in [0.05, 0.1) is 34.3 Å². The van der Waals surface area contributed by atoms with E-state index in [-0.39, 0.29) is 44.3 Å². The van der Waals surface area contributed by atoms with Gasteiger partial charge >= 0.3 is 0 Å². The Labute approximate surface area is 371 Å². The first-order valence-electron chi connectivity index (χ1n) is 19.9. The van der Waals surface area contributed by atoms with Crippen molar-refractivity contribution in [3.05, 3.63) is 158 Å². The van der Waals surface area contributed by atoms with E-state index in [0.29, 0.717) is 55.4 Å². The highest BCUT2D eigenvalue weighted by Crippen LogP contribution is 2.45. The van der Waals surface area contributed by atoms with E-state index in [1.54, 1.807) is 48.5 Å². The third-order valence-corrected chi connectivity index (χ3v) is 12.2. The zero-order chi connectivity index (χ0) is 45.3. The fourth-order valence-electron chi connectivity index (χ4n) is 7.39. The molecule has 9 rings (SSSR count). The van der Waals surface area contributed by atoms with Crippen molar-refractivity contribution in [3.63, 3.8) is 0 Å². The molecule has 0 aliphatic carbocycles. The average molecular weight is 902 g/mol. The third kappa shape index (κ3) is 8.84. The zero-order valence-corrected chi connectivity index (χ0v) is 35.7. The molecule has 0 heterocycles. The lowest BCUT2D eigenvalue weighted by molar-refractivity contribution is 0.342. The van der Waals surface area contributed by atoms with Crippen LogP contribution in [0.2, 0.25) is 0 Å². The van der Waals surface area contributed by atoms with Gasteiger partial charge in [-0.25, -0.2) is 0 Å². The summed E-state index contributed by atoms with van der Waals surface area (Å²) >= 11 is 0. The Balaban J connectivity index is 1.07. The van der Waals surface area contributed by atoms with Gasteiger partial charge < -0.3 is 15.2 Å². The number of phenols is 1. The first kappa shape index (κ1) is 42.3. The molecule has 0 aliphatic rings. The number of para-hydroxylation sites is 1. The van der Waals surface area contributed by atoms with Crippen LogP contribution in [0, 0.1) is 0 Å². The van der Waals surface area contributed by atoms with Crippen molar-refractivity contribution in [2.75, 3.05) is 11.9 Å². The summed E-state index contributed by atoms with van der Waals surface area (Å²) in [6.07, 6.45) is 0. The van der Waals surface area contributed by atoms with Crippen LogP contribution in [0.3, 0.4) is 0 Å². The van der Waals surface area contributed by atoms with Crippen LogP contribution in [-0.4, -0.2) is 37.7 Å². The Morgan fingerprint density at radius 2 is 1.15 bits per heavy atom. The minimum Gasteiger partial charge on any atom is -0.505 e. The monoisotopic (exact) mass is 901 g/mol. The number of nitrogens with zero attached hydrogens (tertiary/aromatic N) is 6. The van der Waals surface area contributed by atoms with Gasteiger partial charge in [0.15, 0.2) is 5.75 Å². The molecule has 15 nitrogen and oxygen atoms in total. The summed E-state index contributed by atoms with van der Waals surface area (Å²) in [5.41, 5.74) is 3.60. The largest absolute Gasteiger partial charge is 0.505 e. The Morgan fingerprint density at radius 3 is 1.92 bits per heavy atom. The zero-order valence-electron chi connectivity index (χ0n) is 34.1. The van der Waals surface area contributed by atoms with Gasteiger partial charge in [0.25, 0.3) is 20.2 Å². The van der Waals surface area contributed by atoms with E-state index in [1.165, 1.54) is 36.4 Å². The summed E-state index contributed by atoms with van der Waals surface area (Å²) in [5, 5.41) is 45.7. The van der Waals surface area contributed by atoms with Crippen LogP contribution < -0.4 is 10.1 Å². The Hall–Kier alpha value is -7.96. The highest BCUT2D eigenvalue weighted by Gasteiger charge is 2.18. The minimum absolute atomic E-state index is 0.0985. The molecule has 0 atom stereocenters. The van der Waals surface area contributed by atoms with Gasteiger partial charge in [-0.2, -0.15) is 21.9 Å². The summed E-state index contributed by atoms with van der Waals surface area (Å²) in [4.78, 5) is -0.620. The van der Waals surface area contributed by atoms with Gasteiger partial charge in [-0.15, -0.1) is 25.6 Å². The van der Waals surface area contributed by atoms with E-state index in [2.05, 4.69) is 36.0 Å². The van der Waals surface area contributed by atoms with Crippen molar-refractivity contribution in [3.8, 4) is 11.5 Å². The van der Waals surface area contributed by atoms with Crippen molar-refractivity contribution in [1.82, 2.24) is 0 Å². The second kappa shape index (κ2) is 17.3. The molecule has 65 heavy (non-hydrogen) atoms. The minimum atomic E-state index is -4.62. The van der Waals surface area contributed by atoms with Crippen molar-refractivity contribution >= 4 is 109 Å². The SMILES string of the molecule is CCOc1cc(N=Nc2ccc3cccc(S(=O)(=O)O)c3c2)c2ccccc2c1N=Nc1ccc(N=Nc2ccc3cc(Nc4ccccc4)ccc3c2O)c2cc(S(=O)(=O)O)ccc12. The van der Waals surface area contributed by atoms with Crippen LogP contribution in [-0.2, 0) is 20.2 Å². The van der Waals surface area contributed by atoms with Crippen molar-refractivity contribution in [2.24, 2.45) is 30.7 Å². The van der Waals surface area contributed by atoms with Crippen LogP contribution in [0.25, 0.3) is 43.1 Å². The maximum atomic E-state index is 12.3. The van der Waals surface area contributed by atoms with Gasteiger partial charge in [-0.05, 0) is 96.6 Å². The molecule has 0 radical (unpaired) electrons. The summed E-state index contributed by atoms with van der Waals surface area (Å²) in [6.45, 7) is 2.08. The number of anilines is 2. The molecule has 0 unspecified atom stereocenters. The lowest BCUT2D eigenvalue weighted by Gasteiger charge is -2.12. The number of hydrogen-bond acceptors (Lipinski definition) is 13. The Morgan fingerprint density at radius 1 is 0.492 bits per heavy atom. The van der Waals surface area contributed by atoms with Gasteiger partial charge in [0.2, 0.25) is 0 Å². The lowest BCUT2D eigenvalue weighted by atomic mass is 10.1. The summed E-state index contributed by atoms with van der Waals surface area (Å²) in [5.74, 6) is 0.233. The van der Waals surface area contributed by atoms with Crippen LogP contribution >= 0.6 is 0 Å². The molecule has 0 saturated heterocycles. The first-order chi connectivity index (χ1) is 31.3. The molecule has 0 spiro atoms. The van der Waals surface area contributed by atoms with Crippen molar-refractivity contribution < 1.29 is 35.8 Å². The molecule has 322 valence electrons. The number of phenolic OH excluding ortho intramolecular Hbond substituents is 1. The number of aromatic hydroxyl groups is 1. The Kier molecular flexibility index (Phi) is 11.3. The average Bonchev–Trinajstić information content (AvgIpc) is 3.30. The molecular weight excluding hydrogens is 867 g/mol. The lowest BCUT2D eigenvalue weighted by Crippen LogP contribution is -1.98. The molecule has 0 saturated carbocycles. The van der Waals surface area contributed by atoms with Crippen LogP contribution in [0.5, 0.6) is 11.5 Å². The van der Waals surface area contributed by atoms with E-state index < -0.39 is 20.2 Å². The fraction of sp³-hybridized carbons (Fsp3) is 0.0417. The van der Waals surface area contributed by atoms with Gasteiger partial charge in [0, 0.05) is 49.8 Å². The normalized spacial score (nSPS) is 12.4. The number of rotatable bonds is 12. The summed E-state index contributed by atoms with van der Waals surface area (Å²) in [7, 11) is -9.12. The molecule has 0 amide bonds. The topological polar surface area (TPSA) is 224 Å². The van der Waals surface area contributed by atoms with E-state index in [4.69, 9.17) is 4.74 Å². The van der Waals surface area contributed by atoms with E-state index in [1.807, 2.05) is 79.7 Å². The predicted octanol–water partition coefficient (Wildman–Crippen LogP) is 13.9. The van der Waals surface area contributed by atoms with Crippen molar-refractivity contribution in [1.29, 1.82) is 0 Å². The highest BCUT2D eigenvalue weighted by molar-refractivity contribution is 7.86. The molecule has 0 bridgehead atoms. The van der Waals surface area contributed by atoms with Crippen LogP contribution in [0.15, 0.2) is 198 Å². The number of nitrogens with one attached hydrogen (secondary N) is 1. The second-order valence-corrected chi connectivity index (χ2v) is 17.4. The summed E-state index contributed by atoms with van der Waals surface area (Å²) in [6, 6.07) is 44.3. The number of fused-ring (bicyclic) bond motifs is 4. The number of benzene rings is 9. The quantitative estimate of drug-likeness (QED) is 0.0675. The molecule has 9 aromatic carbocycles. The first-order valence-corrected chi connectivity index (χ1v) is 22.8.